The topological polar surface area (TPSA) is 78.9 Å². The molecule has 0 rings (SSSR count). The van der Waals surface area contributed by atoms with Crippen LogP contribution >= 0.6 is 0 Å². The van der Waals surface area contributed by atoms with Gasteiger partial charge in [-0.25, -0.2) is 0 Å². The number of allylic oxidation sites excluding steroid dienone is 22. The van der Waals surface area contributed by atoms with Gasteiger partial charge in [0.1, 0.15) is 13.2 Å². The van der Waals surface area contributed by atoms with E-state index in [1.807, 2.05) is 0 Å². The fraction of sp³-hybridized carbons (Fsp3) is 0.648. The van der Waals surface area contributed by atoms with Crippen molar-refractivity contribution in [2.75, 3.05) is 13.2 Å². The second-order valence-corrected chi connectivity index (χ2v) is 20.6. The van der Waals surface area contributed by atoms with Gasteiger partial charge in [0, 0.05) is 19.3 Å². The molecule has 0 heterocycles. The molecule has 1 unspecified atom stereocenters. The van der Waals surface area contributed by atoms with Crippen LogP contribution in [0.2, 0.25) is 0 Å². The molecule has 0 aromatic rings. The minimum absolute atomic E-state index is 0.103. The number of hydrogen-bond donors (Lipinski definition) is 0. The van der Waals surface area contributed by atoms with Gasteiger partial charge in [-0.15, -0.1) is 0 Å². The van der Waals surface area contributed by atoms with Gasteiger partial charge in [0.05, 0.1) is 0 Å². The van der Waals surface area contributed by atoms with Crippen LogP contribution in [0, 0.1) is 0 Å². The van der Waals surface area contributed by atoms with Crippen LogP contribution in [-0.4, -0.2) is 37.2 Å². The zero-order chi connectivity index (χ0) is 55.7. The largest absolute Gasteiger partial charge is 0.462 e. The summed E-state index contributed by atoms with van der Waals surface area (Å²) in [4.78, 5) is 38.3. The van der Waals surface area contributed by atoms with E-state index in [1.165, 1.54) is 103 Å². The first-order valence-corrected chi connectivity index (χ1v) is 31.7. The summed E-state index contributed by atoms with van der Waals surface area (Å²) >= 11 is 0. The van der Waals surface area contributed by atoms with Crippen LogP contribution in [0.3, 0.4) is 0 Å². The van der Waals surface area contributed by atoms with Gasteiger partial charge in [0.15, 0.2) is 6.10 Å². The molecule has 77 heavy (non-hydrogen) atoms. The summed E-state index contributed by atoms with van der Waals surface area (Å²) in [5.41, 5.74) is 0. The molecule has 6 heteroatoms. The molecule has 0 N–H and O–H groups in total. The Morgan fingerprint density at radius 2 is 0.506 bits per heavy atom. The third-order valence-corrected chi connectivity index (χ3v) is 13.1. The first kappa shape index (κ1) is 72.5. The van der Waals surface area contributed by atoms with Crippen LogP contribution in [-0.2, 0) is 28.6 Å². The fourth-order valence-corrected chi connectivity index (χ4v) is 8.36. The van der Waals surface area contributed by atoms with Gasteiger partial charge in [-0.05, 0) is 141 Å². The Morgan fingerprint density at radius 1 is 0.273 bits per heavy atom. The maximum absolute atomic E-state index is 12.9. The average Bonchev–Trinajstić information content (AvgIpc) is 3.43. The maximum Gasteiger partial charge on any atom is 0.306 e. The smallest absolute Gasteiger partial charge is 0.306 e. The lowest BCUT2D eigenvalue weighted by Crippen LogP contribution is -2.30. The van der Waals surface area contributed by atoms with E-state index in [-0.39, 0.29) is 31.1 Å². The molecule has 0 aliphatic rings. The van der Waals surface area contributed by atoms with Gasteiger partial charge in [0.2, 0.25) is 0 Å². The van der Waals surface area contributed by atoms with Crippen LogP contribution in [0.25, 0.3) is 0 Å². The SMILES string of the molecule is CC/C=C\C/C=C\C/C=C\C/C=C\C/C=C\C/C=C\C/C=C\C/C=C\CCCCC(=O)OCC(COC(=O)CCCCCCC/C=C\CCCCCCCC)OC(=O)CCCCCCCCC/C=C\C/C=C\CCCCC. The predicted octanol–water partition coefficient (Wildman–Crippen LogP) is 21.8. The average molecular weight is 1070 g/mol. The molecule has 0 aliphatic carbocycles. The molecule has 6 nitrogen and oxygen atoms in total. The van der Waals surface area contributed by atoms with Gasteiger partial charge in [-0.3, -0.25) is 14.4 Å². The maximum atomic E-state index is 12.9. The normalized spacial score (nSPS) is 13.0. The highest BCUT2D eigenvalue weighted by Gasteiger charge is 2.19. The van der Waals surface area contributed by atoms with E-state index in [1.54, 1.807) is 0 Å². The first-order valence-electron chi connectivity index (χ1n) is 31.7. The summed E-state index contributed by atoms with van der Waals surface area (Å²) in [6.07, 6.45) is 90.2. The standard InChI is InChI=1S/C71H116O6/c1-4-7-10-13-16-19-22-25-28-30-31-32-33-34-35-36-37-38-39-41-43-46-49-52-55-58-61-64-70(73)76-67-68(66-75-69(72)63-60-57-54-51-48-45-42-27-24-21-18-15-12-9-6-3)77-71(74)65-62-59-56-53-50-47-44-40-29-26-23-20-17-14-11-8-5-2/h7,10,16-17,19-20,25-29,31-32,34-35,37-38,41-43,49,52,68H,4-6,8-9,11-15,18,21-24,30,33,36,39-40,44-48,50-51,53-67H2,1-3H3/b10-7-,19-16-,20-17-,28-25-,29-26-,32-31-,35-34-,38-37-,42-27-,43-41-,52-49-. The number of unbranched alkanes of at least 4 members (excludes halogenated alkanes) is 23. The Labute approximate surface area is 475 Å². The van der Waals surface area contributed by atoms with Gasteiger partial charge < -0.3 is 14.2 Å². The van der Waals surface area contributed by atoms with Crippen molar-refractivity contribution in [1.29, 1.82) is 0 Å². The monoisotopic (exact) mass is 1060 g/mol. The van der Waals surface area contributed by atoms with E-state index in [2.05, 4.69) is 154 Å². The van der Waals surface area contributed by atoms with Crippen molar-refractivity contribution in [2.24, 2.45) is 0 Å². The summed E-state index contributed by atoms with van der Waals surface area (Å²) in [7, 11) is 0. The van der Waals surface area contributed by atoms with E-state index in [4.69, 9.17) is 14.2 Å². The van der Waals surface area contributed by atoms with Crippen molar-refractivity contribution >= 4 is 17.9 Å². The fourth-order valence-electron chi connectivity index (χ4n) is 8.36. The molecule has 0 bridgehead atoms. The molecular weight excluding hydrogens is 949 g/mol. The third kappa shape index (κ3) is 62.3. The van der Waals surface area contributed by atoms with Gasteiger partial charge >= 0.3 is 17.9 Å². The van der Waals surface area contributed by atoms with Gasteiger partial charge in [-0.2, -0.15) is 0 Å². The van der Waals surface area contributed by atoms with Crippen molar-refractivity contribution in [3.63, 3.8) is 0 Å². The Balaban J connectivity index is 4.47. The number of rotatable bonds is 56. The van der Waals surface area contributed by atoms with Crippen molar-refractivity contribution in [1.82, 2.24) is 0 Å². The molecule has 0 saturated heterocycles. The molecule has 0 spiro atoms. The molecule has 1 atom stereocenters. The Bertz CT molecular complexity index is 1650. The molecule has 0 fully saturated rings. The third-order valence-electron chi connectivity index (χ3n) is 13.1. The van der Waals surface area contributed by atoms with Crippen LogP contribution < -0.4 is 0 Å². The first-order chi connectivity index (χ1) is 38.0. The minimum Gasteiger partial charge on any atom is -0.462 e. The van der Waals surface area contributed by atoms with E-state index in [0.717, 1.165) is 128 Å². The zero-order valence-corrected chi connectivity index (χ0v) is 49.9. The molecule has 0 radical (unpaired) electrons. The minimum atomic E-state index is -0.809. The Morgan fingerprint density at radius 3 is 0.857 bits per heavy atom. The molecule has 0 aliphatic heterocycles. The summed E-state index contributed by atoms with van der Waals surface area (Å²) < 4.78 is 16.9. The number of hydrogen-bond acceptors (Lipinski definition) is 6. The molecule has 0 amide bonds. The predicted molar refractivity (Wildman–Crippen MR) is 334 cm³/mol. The van der Waals surface area contributed by atoms with Crippen molar-refractivity contribution in [3.8, 4) is 0 Å². The van der Waals surface area contributed by atoms with Crippen molar-refractivity contribution in [2.45, 2.75) is 284 Å². The second kappa shape index (κ2) is 64.1. The van der Waals surface area contributed by atoms with Crippen molar-refractivity contribution < 1.29 is 28.6 Å². The molecule has 0 aromatic carbocycles. The van der Waals surface area contributed by atoms with Crippen LogP contribution in [0.1, 0.15) is 278 Å². The lowest BCUT2D eigenvalue weighted by molar-refractivity contribution is -0.167. The molecule has 436 valence electrons. The number of carbonyl (C=O) groups excluding carboxylic acids is 3. The lowest BCUT2D eigenvalue weighted by Gasteiger charge is -2.18. The Hall–Kier alpha value is -4.45. The second-order valence-electron chi connectivity index (χ2n) is 20.6. The summed E-state index contributed by atoms with van der Waals surface area (Å²) in [5, 5.41) is 0. The van der Waals surface area contributed by atoms with E-state index in [9.17, 15) is 14.4 Å². The Kier molecular flexibility index (Phi) is 60.4. The van der Waals surface area contributed by atoms with Gasteiger partial charge in [-0.1, -0.05) is 251 Å². The van der Waals surface area contributed by atoms with Crippen LogP contribution in [0.5, 0.6) is 0 Å². The summed E-state index contributed by atoms with van der Waals surface area (Å²) in [6.45, 7) is 6.45. The van der Waals surface area contributed by atoms with Crippen LogP contribution in [0.4, 0.5) is 0 Å². The molecule has 0 aromatic heterocycles. The highest BCUT2D eigenvalue weighted by atomic mass is 16.6. The van der Waals surface area contributed by atoms with E-state index in [0.29, 0.717) is 25.7 Å². The van der Waals surface area contributed by atoms with E-state index >= 15 is 0 Å². The zero-order valence-electron chi connectivity index (χ0n) is 49.9. The number of ether oxygens (including phenoxy) is 3. The quantitative estimate of drug-likeness (QED) is 0.0261. The lowest BCUT2D eigenvalue weighted by atomic mass is 10.1. The number of esters is 3. The van der Waals surface area contributed by atoms with E-state index < -0.39 is 6.10 Å². The highest BCUT2D eigenvalue weighted by molar-refractivity contribution is 5.71. The van der Waals surface area contributed by atoms with Crippen LogP contribution in [0.15, 0.2) is 134 Å². The summed E-state index contributed by atoms with van der Waals surface area (Å²) in [5.74, 6) is -0.963. The van der Waals surface area contributed by atoms with Gasteiger partial charge in [0.25, 0.3) is 0 Å². The van der Waals surface area contributed by atoms with Crippen molar-refractivity contribution in [3.05, 3.63) is 134 Å². The molecular formula is C71H116O6. The summed E-state index contributed by atoms with van der Waals surface area (Å²) in [6, 6.07) is 0. The number of carbonyl (C=O) groups is 3. The molecule has 0 saturated carbocycles. The highest BCUT2D eigenvalue weighted by Crippen LogP contribution is 2.14.